The molecule has 0 saturated carbocycles. The average Bonchev–Trinajstić information content (AvgIpc) is 2.72. The highest BCUT2D eigenvalue weighted by Crippen LogP contribution is 2.29. The second kappa shape index (κ2) is 6.07. The lowest BCUT2D eigenvalue weighted by atomic mass is 10.2. The van der Waals surface area contributed by atoms with Crippen molar-refractivity contribution in [3.63, 3.8) is 0 Å². The molecule has 0 radical (unpaired) electrons. The number of aryl methyl sites for hydroxylation is 2. The van der Waals surface area contributed by atoms with E-state index in [1.54, 1.807) is 11.3 Å². The molecule has 2 rings (SSSR count). The standard InChI is InChI=1S/C14H19N3S/c1-4-6-15-9-13-11(3)17-14(18-13)12-5-7-16-8-10(12)2/h5,7-8,15H,4,6,9H2,1-3H3. The molecule has 2 heterocycles. The van der Waals surface area contributed by atoms with Gasteiger partial charge in [0, 0.05) is 29.4 Å². The van der Waals surface area contributed by atoms with Gasteiger partial charge in [-0.25, -0.2) is 4.98 Å². The lowest BCUT2D eigenvalue weighted by Crippen LogP contribution is -2.13. The van der Waals surface area contributed by atoms with E-state index >= 15 is 0 Å². The van der Waals surface area contributed by atoms with Crippen LogP contribution in [0.1, 0.15) is 29.5 Å². The summed E-state index contributed by atoms with van der Waals surface area (Å²) in [5.41, 5.74) is 3.51. The molecule has 0 bridgehead atoms. The predicted molar refractivity (Wildman–Crippen MR) is 76.8 cm³/mol. The van der Waals surface area contributed by atoms with E-state index in [-0.39, 0.29) is 0 Å². The molecule has 0 amide bonds. The summed E-state index contributed by atoms with van der Waals surface area (Å²) in [5.74, 6) is 0. The molecule has 96 valence electrons. The van der Waals surface area contributed by atoms with Crippen LogP contribution in [0.3, 0.4) is 0 Å². The third-order valence-corrected chi connectivity index (χ3v) is 4.05. The van der Waals surface area contributed by atoms with Crippen molar-refractivity contribution in [2.45, 2.75) is 33.7 Å². The molecule has 3 nitrogen and oxygen atoms in total. The van der Waals surface area contributed by atoms with Gasteiger partial charge in [0.25, 0.3) is 0 Å². The Kier molecular flexibility index (Phi) is 4.44. The molecule has 0 aliphatic rings. The van der Waals surface area contributed by atoms with Crippen LogP contribution in [0.2, 0.25) is 0 Å². The third kappa shape index (κ3) is 2.94. The molecule has 0 saturated heterocycles. The van der Waals surface area contributed by atoms with Gasteiger partial charge in [-0.15, -0.1) is 11.3 Å². The van der Waals surface area contributed by atoms with Crippen molar-refractivity contribution in [3.8, 4) is 10.6 Å². The molecule has 0 fully saturated rings. The smallest absolute Gasteiger partial charge is 0.124 e. The van der Waals surface area contributed by atoms with Gasteiger partial charge in [0.1, 0.15) is 5.01 Å². The van der Waals surface area contributed by atoms with Crippen LogP contribution in [-0.4, -0.2) is 16.5 Å². The number of hydrogen-bond acceptors (Lipinski definition) is 4. The quantitative estimate of drug-likeness (QED) is 0.839. The van der Waals surface area contributed by atoms with Crippen molar-refractivity contribution in [2.24, 2.45) is 0 Å². The molecule has 0 spiro atoms. The van der Waals surface area contributed by atoms with Gasteiger partial charge < -0.3 is 5.32 Å². The van der Waals surface area contributed by atoms with Gasteiger partial charge in [0.2, 0.25) is 0 Å². The fraction of sp³-hybridized carbons (Fsp3) is 0.429. The first-order chi connectivity index (χ1) is 8.72. The summed E-state index contributed by atoms with van der Waals surface area (Å²) in [4.78, 5) is 10.1. The largest absolute Gasteiger partial charge is 0.312 e. The van der Waals surface area contributed by atoms with E-state index in [4.69, 9.17) is 0 Å². The van der Waals surface area contributed by atoms with Gasteiger partial charge in [-0.05, 0) is 38.4 Å². The Balaban J connectivity index is 2.21. The lowest BCUT2D eigenvalue weighted by Gasteiger charge is -2.00. The summed E-state index contributed by atoms with van der Waals surface area (Å²) in [6, 6.07) is 2.04. The SMILES string of the molecule is CCCNCc1sc(-c2ccncc2C)nc1C. The Morgan fingerprint density at radius 2 is 2.17 bits per heavy atom. The Hall–Kier alpha value is -1.26. The summed E-state index contributed by atoms with van der Waals surface area (Å²) in [5, 5.41) is 4.53. The highest BCUT2D eigenvalue weighted by atomic mass is 32.1. The molecule has 4 heteroatoms. The van der Waals surface area contributed by atoms with Gasteiger partial charge in [-0.3, -0.25) is 4.98 Å². The third-order valence-electron chi connectivity index (χ3n) is 2.86. The van der Waals surface area contributed by atoms with Gasteiger partial charge in [0.05, 0.1) is 5.69 Å². The molecule has 0 aliphatic heterocycles. The van der Waals surface area contributed by atoms with Crippen molar-refractivity contribution < 1.29 is 0 Å². The first kappa shape index (κ1) is 13.2. The van der Waals surface area contributed by atoms with Crippen molar-refractivity contribution in [1.29, 1.82) is 0 Å². The predicted octanol–water partition coefficient (Wildman–Crippen LogP) is 3.32. The summed E-state index contributed by atoms with van der Waals surface area (Å²) < 4.78 is 0. The second-order valence-electron chi connectivity index (χ2n) is 4.39. The Labute approximate surface area is 112 Å². The molecule has 0 aromatic carbocycles. The van der Waals surface area contributed by atoms with Crippen molar-refractivity contribution in [1.82, 2.24) is 15.3 Å². The van der Waals surface area contributed by atoms with Crippen molar-refractivity contribution >= 4 is 11.3 Å². The summed E-state index contributed by atoms with van der Waals surface area (Å²) >= 11 is 1.78. The van der Waals surface area contributed by atoms with Gasteiger partial charge in [-0.1, -0.05) is 6.92 Å². The maximum absolute atomic E-state index is 4.67. The lowest BCUT2D eigenvalue weighted by molar-refractivity contribution is 0.678. The minimum Gasteiger partial charge on any atom is -0.312 e. The number of hydrogen-bond donors (Lipinski definition) is 1. The number of pyridine rings is 1. The van der Waals surface area contributed by atoms with Crippen LogP contribution < -0.4 is 5.32 Å². The van der Waals surface area contributed by atoms with Crippen LogP contribution >= 0.6 is 11.3 Å². The van der Waals surface area contributed by atoms with Crippen LogP contribution in [0, 0.1) is 13.8 Å². The summed E-state index contributed by atoms with van der Waals surface area (Å²) in [7, 11) is 0. The molecular formula is C14H19N3S. The second-order valence-corrected chi connectivity index (χ2v) is 5.48. The fourth-order valence-electron chi connectivity index (χ4n) is 1.80. The molecule has 0 atom stereocenters. The fourth-order valence-corrected chi connectivity index (χ4v) is 2.92. The first-order valence-corrected chi connectivity index (χ1v) is 7.12. The number of nitrogens with one attached hydrogen (secondary N) is 1. The normalized spacial score (nSPS) is 10.8. The van der Waals surface area contributed by atoms with Gasteiger partial charge >= 0.3 is 0 Å². The zero-order chi connectivity index (χ0) is 13.0. The van der Waals surface area contributed by atoms with Crippen LogP contribution in [0.25, 0.3) is 10.6 Å². The van der Waals surface area contributed by atoms with Crippen LogP contribution in [0.4, 0.5) is 0 Å². The molecule has 0 aliphatic carbocycles. The Bertz CT molecular complexity index is 520. The molecule has 1 N–H and O–H groups in total. The maximum atomic E-state index is 4.67. The average molecular weight is 261 g/mol. The minimum atomic E-state index is 0.918. The Morgan fingerprint density at radius 1 is 1.33 bits per heavy atom. The maximum Gasteiger partial charge on any atom is 0.124 e. The molecule has 2 aromatic heterocycles. The monoisotopic (exact) mass is 261 g/mol. The molecular weight excluding hydrogens is 242 g/mol. The van der Waals surface area contributed by atoms with E-state index in [0.29, 0.717) is 0 Å². The molecule has 0 unspecified atom stereocenters. The van der Waals surface area contributed by atoms with E-state index in [9.17, 15) is 0 Å². The zero-order valence-corrected chi connectivity index (χ0v) is 12.0. The molecule has 2 aromatic rings. The highest BCUT2D eigenvalue weighted by Gasteiger charge is 2.10. The van der Waals surface area contributed by atoms with Gasteiger partial charge in [0.15, 0.2) is 0 Å². The molecule has 18 heavy (non-hydrogen) atoms. The number of nitrogens with zero attached hydrogens (tertiary/aromatic N) is 2. The van der Waals surface area contributed by atoms with Crippen molar-refractivity contribution in [2.75, 3.05) is 6.54 Å². The Morgan fingerprint density at radius 3 is 2.89 bits per heavy atom. The summed E-state index contributed by atoms with van der Waals surface area (Å²) in [6.45, 7) is 8.31. The summed E-state index contributed by atoms with van der Waals surface area (Å²) in [6.07, 6.45) is 4.88. The van der Waals surface area contributed by atoms with E-state index in [2.05, 4.69) is 36.1 Å². The number of thiazole rings is 1. The van der Waals surface area contributed by atoms with Crippen LogP contribution in [0.5, 0.6) is 0 Å². The zero-order valence-electron chi connectivity index (χ0n) is 11.2. The first-order valence-electron chi connectivity index (χ1n) is 6.30. The minimum absolute atomic E-state index is 0.918. The number of aromatic nitrogens is 2. The highest BCUT2D eigenvalue weighted by molar-refractivity contribution is 7.15. The number of rotatable bonds is 5. The van der Waals surface area contributed by atoms with Crippen molar-refractivity contribution in [3.05, 3.63) is 34.6 Å². The van der Waals surface area contributed by atoms with E-state index < -0.39 is 0 Å². The van der Waals surface area contributed by atoms with Crippen LogP contribution in [-0.2, 0) is 6.54 Å². The van der Waals surface area contributed by atoms with E-state index in [0.717, 1.165) is 30.2 Å². The van der Waals surface area contributed by atoms with E-state index in [1.165, 1.54) is 16.0 Å². The van der Waals surface area contributed by atoms with E-state index in [1.807, 2.05) is 18.5 Å². The topological polar surface area (TPSA) is 37.8 Å². The van der Waals surface area contributed by atoms with Crippen LogP contribution in [0.15, 0.2) is 18.5 Å². The van der Waals surface area contributed by atoms with Gasteiger partial charge in [-0.2, -0.15) is 0 Å².